The third-order valence-corrected chi connectivity index (χ3v) is 11.0. The van der Waals surface area contributed by atoms with Crippen LogP contribution in [0.2, 0.25) is 19.6 Å². The Morgan fingerprint density at radius 1 is 0.417 bits per heavy atom. The SMILES string of the molecule is C[Si](C)(C)C(c1ccccc1)C(B(c1c(F)c(F)c(F)c(F)c1F)c1c(F)c(F)c(F)c(F)c1F)c1ccc(-c2ccc(F)cc2)cc1. The van der Waals surface area contributed by atoms with E-state index in [1.807, 2.05) is 0 Å². The molecule has 5 aromatic rings. The molecule has 5 aromatic carbocycles. The van der Waals surface area contributed by atoms with Crippen LogP contribution in [0.5, 0.6) is 0 Å². The van der Waals surface area contributed by atoms with Crippen LogP contribution in [0.1, 0.15) is 22.5 Å². The van der Waals surface area contributed by atoms with E-state index in [0.29, 0.717) is 16.7 Å². The highest BCUT2D eigenvalue weighted by Gasteiger charge is 2.49. The molecule has 0 N–H and O–H groups in total. The van der Waals surface area contributed by atoms with Crippen molar-refractivity contribution in [2.45, 2.75) is 31.0 Å². The van der Waals surface area contributed by atoms with Gasteiger partial charge in [-0.15, -0.1) is 0 Å². The van der Waals surface area contributed by atoms with Gasteiger partial charge in [-0.3, -0.25) is 0 Å². The fourth-order valence-corrected chi connectivity index (χ4v) is 8.97. The van der Waals surface area contributed by atoms with Crippen LogP contribution < -0.4 is 10.9 Å². The summed E-state index contributed by atoms with van der Waals surface area (Å²) in [6.45, 7) is 2.64. The first kappa shape index (κ1) is 34.9. The van der Waals surface area contributed by atoms with Crippen molar-refractivity contribution >= 4 is 25.7 Å². The zero-order valence-corrected chi connectivity index (χ0v) is 26.4. The van der Waals surface area contributed by atoms with Crippen LogP contribution in [0.3, 0.4) is 0 Å². The number of benzene rings is 5. The van der Waals surface area contributed by atoms with Crippen LogP contribution in [0, 0.1) is 64.0 Å². The molecule has 2 atom stereocenters. The summed E-state index contributed by atoms with van der Waals surface area (Å²) in [6, 6.07) is 18.9. The van der Waals surface area contributed by atoms with Crippen LogP contribution in [0.25, 0.3) is 11.1 Å². The highest BCUT2D eigenvalue weighted by Crippen LogP contribution is 2.43. The summed E-state index contributed by atoms with van der Waals surface area (Å²) in [4.78, 5) is 0. The van der Waals surface area contributed by atoms with Crippen LogP contribution >= 0.6 is 0 Å². The van der Waals surface area contributed by atoms with E-state index < -0.39 is 101 Å². The Labute approximate surface area is 270 Å². The van der Waals surface area contributed by atoms with Gasteiger partial charge in [-0.05, 0) is 40.2 Å². The third kappa shape index (κ3) is 6.15. The van der Waals surface area contributed by atoms with Gasteiger partial charge >= 0.3 is 0 Å². The standard InChI is InChI=1S/C35H24BF11Si/c1-48(2,3)35(20-7-5-4-6-8-20)22(19-11-9-17(10-12-19)18-13-15-21(37)16-14-18)36(23-25(38)29(42)33(46)30(43)26(23)39)24-27(40)31(44)34(47)32(45)28(24)41/h4-16,22,35H,1-3H3. The summed E-state index contributed by atoms with van der Waals surface area (Å²) < 4.78 is 165. The van der Waals surface area contributed by atoms with Crippen LogP contribution in [-0.4, -0.2) is 14.8 Å². The summed E-state index contributed by atoms with van der Waals surface area (Å²) >= 11 is 0. The Kier molecular flexibility index (Phi) is 9.65. The smallest absolute Gasteiger partial charge is 0.207 e. The molecule has 0 aliphatic rings. The molecule has 0 aliphatic carbocycles. The minimum atomic E-state index is -2.89. The average Bonchev–Trinajstić information content (AvgIpc) is 3.07. The predicted octanol–water partition coefficient (Wildman–Crippen LogP) is 9.48. The Morgan fingerprint density at radius 3 is 1.15 bits per heavy atom. The van der Waals surface area contributed by atoms with Gasteiger partial charge in [0.05, 0.1) is 8.07 Å². The normalized spacial score (nSPS) is 13.0. The molecule has 0 saturated heterocycles. The fraction of sp³-hybridized carbons (Fsp3) is 0.143. The first-order valence-corrected chi connectivity index (χ1v) is 18.1. The van der Waals surface area contributed by atoms with Crippen molar-refractivity contribution in [3.05, 3.63) is 154 Å². The minimum Gasteiger partial charge on any atom is -0.207 e. The Bertz CT molecular complexity index is 1850. The first-order valence-electron chi connectivity index (χ1n) is 14.5. The monoisotopic (exact) mass is 692 g/mol. The lowest BCUT2D eigenvalue weighted by molar-refractivity contribution is 0.381. The molecule has 0 saturated carbocycles. The molecule has 0 bridgehead atoms. The zero-order chi connectivity index (χ0) is 35.2. The average molecular weight is 692 g/mol. The van der Waals surface area contributed by atoms with Crippen molar-refractivity contribution in [3.63, 3.8) is 0 Å². The molecule has 13 heteroatoms. The van der Waals surface area contributed by atoms with Crippen LogP contribution in [-0.2, 0) is 0 Å². The van der Waals surface area contributed by atoms with Gasteiger partial charge in [-0.1, -0.05) is 91.9 Å². The second-order valence-corrected chi connectivity index (χ2v) is 17.7. The highest BCUT2D eigenvalue weighted by molar-refractivity contribution is 6.89. The van der Waals surface area contributed by atoms with Crippen molar-refractivity contribution in [2.24, 2.45) is 0 Å². The van der Waals surface area contributed by atoms with E-state index in [2.05, 4.69) is 0 Å². The molecule has 0 aromatic heterocycles. The maximum Gasteiger partial charge on any atom is 0.233 e. The van der Waals surface area contributed by atoms with Crippen LogP contribution in [0.4, 0.5) is 48.3 Å². The van der Waals surface area contributed by atoms with Crippen molar-refractivity contribution in [1.82, 2.24) is 0 Å². The molecule has 48 heavy (non-hydrogen) atoms. The molecule has 2 unspecified atom stereocenters. The van der Waals surface area contributed by atoms with E-state index >= 15 is 17.6 Å². The van der Waals surface area contributed by atoms with Crippen molar-refractivity contribution in [2.75, 3.05) is 0 Å². The lowest BCUT2D eigenvalue weighted by Crippen LogP contribution is -2.58. The summed E-state index contributed by atoms with van der Waals surface area (Å²) in [5.74, 6) is -27.2. The topological polar surface area (TPSA) is 0 Å². The molecule has 5 rings (SSSR count). The molecule has 248 valence electrons. The lowest BCUT2D eigenvalue weighted by Gasteiger charge is -2.40. The molecule has 0 amide bonds. The van der Waals surface area contributed by atoms with Gasteiger partial charge in [0.25, 0.3) is 0 Å². The van der Waals surface area contributed by atoms with Gasteiger partial charge in [0.1, 0.15) is 5.82 Å². The quantitative estimate of drug-likeness (QED) is 0.0658. The first-order chi connectivity index (χ1) is 22.6. The molecule has 0 nitrogen and oxygen atoms in total. The summed E-state index contributed by atoms with van der Waals surface area (Å²) in [5.41, 5.74) is -3.09. The molecular formula is C35H24BF11Si. The van der Waals surface area contributed by atoms with Crippen molar-refractivity contribution < 1.29 is 48.3 Å². The molecular weight excluding hydrogens is 668 g/mol. The Morgan fingerprint density at radius 2 is 0.771 bits per heavy atom. The molecule has 0 spiro atoms. The van der Waals surface area contributed by atoms with E-state index in [4.69, 9.17) is 0 Å². The lowest BCUT2D eigenvalue weighted by atomic mass is 9.31. The van der Waals surface area contributed by atoms with Gasteiger partial charge in [-0.25, -0.2) is 48.3 Å². The van der Waals surface area contributed by atoms with E-state index in [0.717, 1.165) is 0 Å². The second kappa shape index (κ2) is 13.3. The zero-order valence-electron chi connectivity index (χ0n) is 25.4. The molecule has 0 heterocycles. The highest BCUT2D eigenvalue weighted by atomic mass is 28.3. The van der Waals surface area contributed by atoms with E-state index in [-0.39, 0.29) is 5.56 Å². The fourth-order valence-electron chi connectivity index (χ4n) is 6.32. The largest absolute Gasteiger partial charge is 0.233 e. The van der Waals surface area contributed by atoms with Gasteiger partial charge < -0.3 is 0 Å². The number of rotatable bonds is 8. The summed E-state index contributed by atoms with van der Waals surface area (Å²) in [7, 11) is -2.89. The van der Waals surface area contributed by atoms with Gasteiger partial charge in [-0.2, -0.15) is 0 Å². The maximum atomic E-state index is 15.8. The van der Waals surface area contributed by atoms with Gasteiger partial charge in [0.2, 0.25) is 6.71 Å². The van der Waals surface area contributed by atoms with Gasteiger partial charge in [0.15, 0.2) is 58.2 Å². The molecule has 0 radical (unpaired) electrons. The Balaban J connectivity index is 1.95. The number of halogens is 11. The summed E-state index contributed by atoms with van der Waals surface area (Å²) in [6.07, 6.45) is 0. The van der Waals surface area contributed by atoms with E-state index in [1.54, 1.807) is 50.0 Å². The van der Waals surface area contributed by atoms with Gasteiger partial charge in [0, 0.05) is 10.9 Å². The maximum absolute atomic E-state index is 15.8. The van der Waals surface area contributed by atoms with Crippen molar-refractivity contribution in [1.29, 1.82) is 0 Å². The summed E-state index contributed by atoms with van der Waals surface area (Å²) in [5, 5.41) is 0. The predicted molar refractivity (Wildman–Crippen MR) is 165 cm³/mol. The number of hydrogen-bond donors (Lipinski definition) is 0. The molecule has 0 fully saturated rings. The van der Waals surface area contributed by atoms with Crippen LogP contribution in [0.15, 0.2) is 78.9 Å². The van der Waals surface area contributed by atoms with E-state index in [9.17, 15) is 30.7 Å². The number of hydrogen-bond acceptors (Lipinski definition) is 0. The minimum absolute atomic E-state index is 0.0232. The molecule has 0 aliphatic heterocycles. The third-order valence-electron chi connectivity index (χ3n) is 8.39. The Hall–Kier alpha value is -4.39. The second-order valence-electron chi connectivity index (χ2n) is 12.4. The van der Waals surface area contributed by atoms with Crippen molar-refractivity contribution in [3.8, 4) is 11.1 Å². The van der Waals surface area contributed by atoms with E-state index in [1.165, 1.54) is 48.5 Å².